The van der Waals surface area contributed by atoms with Gasteiger partial charge in [-0.05, 0) is 38.4 Å². The maximum absolute atomic E-state index is 5.66. The Morgan fingerprint density at radius 3 is 2.58 bits per heavy atom. The van der Waals surface area contributed by atoms with E-state index in [9.17, 15) is 0 Å². The van der Waals surface area contributed by atoms with Crippen molar-refractivity contribution in [1.82, 2.24) is 9.88 Å². The molecule has 0 aliphatic heterocycles. The van der Waals surface area contributed by atoms with E-state index in [1.165, 1.54) is 0 Å². The molecule has 2 N–H and O–H groups in total. The summed E-state index contributed by atoms with van der Waals surface area (Å²) < 4.78 is 5.66. The number of aromatic nitrogens is 1. The van der Waals surface area contributed by atoms with E-state index < -0.39 is 0 Å². The summed E-state index contributed by atoms with van der Waals surface area (Å²) in [7, 11) is 4.06. The third-order valence-electron chi connectivity index (χ3n) is 2.66. The van der Waals surface area contributed by atoms with Crippen molar-refractivity contribution < 1.29 is 4.74 Å². The number of rotatable bonds is 6. The lowest BCUT2D eigenvalue weighted by atomic mass is 10.2. The molecule has 19 heavy (non-hydrogen) atoms. The molecule has 5 heteroatoms. The van der Waals surface area contributed by atoms with Gasteiger partial charge in [-0.3, -0.25) is 0 Å². The van der Waals surface area contributed by atoms with Gasteiger partial charge in [0, 0.05) is 29.7 Å². The van der Waals surface area contributed by atoms with Gasteiger partial charge in [0.15, 0.2) is 0 Å². The number of nitrogens with two attached hydrogens (primary N) is 1. The van der Waals surface area contributed by atoms with Crippen molar-refractivity contribution in [1.29, 1.82) is 0 Å². The zero-order chi connectivity index (χ0) is 13.7. The highest BCUT2D eigenvalue weighted by Crippen LogP contribution is 2.26. The van der Waals surface area contributed by atoms with Crippen LogP contribution in [0.5, 0.6) is 5.75 Å². The molecule has 1 aromatic carbocycles. The zero-order valence-corrected chi connectivity index (χ0v) is 12.1. The number of ether oxygens (including phenoxy) is 1. The Morgan fingerprint density at radius 2 is 2.00 bits per heavy atom. The monoisotopic (exact) mass is 277 g/mol. The number of thiazole rings is 1. The summed E-state index contributed by atoms with van der Waals surface area (Å²) in [6.45, 7) is 2.15. The van der Waals surface area contributed by atoms with Gasteiger partial charge in [0.05, 0.1) is 0 Å². The van der Waals surface area contributed by atoms with Crippen LogP contribution in [0, 0.1) is 0 Å². The average molecular weight is 277 g/mol. The Labute approximate surface area is 117 Å². The van der Waals surface area contributed by atoms with E-state index in [1.807, 2.05) is 44.6 Å². The number of hydrogen-bond acceptors (Lipinski definition) is 5. The maximum Gasteiger partial charge on any atom is 0.123 e. The van der Waals surface area contributed by atoms with Crippen molar-refractivity contribution in [2.45, 2.75) is 6.54 Å². The second-order valence-corrected chi connectivity index (χ2v) is 5.63. The summed E-state index contributed by atoms with van der Waals surface area (Å²) in [6, 6.07) is 8.03. The van der Waals surface area contributed by atoms with Crippen molar-refractivity contribution in [2.75, 3.05) is 27.2 Å². The van der Waals surface area contributed by atoms with Crippen LogP contribution in [0.3, 0.4) is 0 Å². The zero-order valence-electron chi connectivity index (χ0n) is 11.3. The average Bonchev–Trinajstić information content (AvgIpc) is 2.88. The van der Waals surface area contributed by atoms with Gasteiger partial charge in [-0.1, -0.05) is 0 Å². The summed E-state index contributed by atoms with van der Waals surface area (Å²) >= 11 is 1.63. The summed E-state index contributed by atoms with van der Waals surface area (Å²) in [5.74, 6) is 0.890. The molecule has 0 bridgehead atoms. The van der Waals surface area contributed by atoms with E-state index in [2.05, 4.69) is 9.88 Å². The van der Waals surface area contributed by atoms with Gasteiger partial charge in [-0.2, -0.15) is 0 Å². The molecule has 1 heterocycles. The van der Waals surface area contributed by atoms with E-state index in [0.29, 0.717) is 13.2 Å². The maximum atomic E-state index is 5.66. The Balaban J connectivity index is 1.97. The van der Waals surface area contributed by atoms with E-state index in [4.69, 9.17) is 10.5 Å². The molecular formula is C14H19N3OS. The van der Waals surface area contributed by atoms with Crippen LogP contribution in [0.1, 0.15) is 4.88 Å². The molecule has 0 aliphatic carbocycles. The molecule has 2 aromatic rings. The highest BCUT2D eigenvalue weighted by atomic mass is 32.1. The van der Waals surface area contributed by atoms with Crippen LogP contribution in [0.2, 0.25) is 0 Å². The Morgan fingerprint density at radius 1 is 1.26 bits per heavy atom. The van der Waals surface area contributed by atoms with Crippen molar-refractivity contribution >= 4 is 11.3 Å². The van der Waals surface area contributed by atoms with Gasteiger partial charge in [-0.15, -0.1) is 11.3 Å². The Kier molecular flexibility index (Phi) is 4.90. The first-order chi connectivity index (χ1) is 9.19. The first-order valence-electron chi connectivity index (χ1n) is 6.22. The van der Waals surface area contributed by atoms with Crippen LogP contribution in [0.4, 0.5) is 0 Å². The molecule has 0 fully saturated rings. The molecule has 0 amide bonds. The molecule has 102 valence electrons. The lowest BCUT2D eigenvalue weighted by Gasteiger charge is -2.11. The van der Waals surface area contributed by atoms with Crippen LogP contribution in [0.25, 0.3) is 10.6 Å². The first-order valence-corrected chi connectivity index (χ1v) is 7.03. The lowest BCUT2D eigenvalue weighted by Crippen LogP contribution is -2.19. The molecule has 0 spiro atoms. The fourth-order valence-corrected chi connectivity index (χ4v) is 2.37. The fourth-order valence-electron chi connectivity index (χ4n) is 1.58. The third kappa shape index (κ3) is 4.02. The molecule has 2 rings (SSSR count). The minimum absolute atomic E-state index is 0.545. The third-order valence-corrected chi connectivity index (χ3v) is 3.73. The lowest BCUT2D eigenvalue weighted by molar-refractivity contribution is 0.261. The van der Waals surface area contributed by atoms with Crippen molar-refractivity contribution in [2.24, 2.45) is 5.73 Å². The normalized spacial score (nSPS) is 10.9. The van der Waals surface area contributed by atoms with Crippen LogP contribution < -0.4 is 10.5 Å². The molecule has 1 aromatic heterocycles. The highest BCUT2D eigenvalue weighted by molar-refractivity contribution is 7.15. The standard InChI is InChI=1S/C14H19N3OS/c1-17(2)7-8-18-12-5-3-11(4-6-12)14-16-10-13(9-15)19-14/h3-6,10H,7-9,15H2,1-2H3. The van der Waals surface area contributed by atoms with Crippen LogP contribution in [-0.4, -0.2) is 37.1 Å². The Hall–Kier alpha value is -1.43. The van der Waals surface area contributed by atoms with Gasteiger partial charge in [0.2, 0.25) is 0 Å². The van der Waals surface area contributed by atoms with Crippen LogP contribution in [-0.2, 0) is 6.54 Å². The van der Waals surface area contributed by atoms with E-state index >= 15 is 0 Å². The van der Waals surface area contributed by atoms with Crippen molar-refractivity contribution in [3.05, 3.63) is 35.3 Å². The summed E-state index contributed by atoms with van der Waals surface area (Å²) in [5, 5.41) is 1.00. The molecule has 0 saturated carbocycles. The summed E-state index contributed by atoms with van der Waals surface area (Å²) in [4.78, 5) is 7.56. The minimum Gasteiger partial charge on any atom is -0.492 e. The molecular weight excluding hydrogens is 258 g/mol. The minimum atomic E-state index is 0.545. The largest absolute Gasteiger partial charge is 0.492 e. The smallest absolute Gasteiger partial charge is 0.123 e. The molecule has 0 atom stereocenters. The SMILES string of the molecule is CN(C)CCOc1ccc(-c2ncc(CN)s2)cc1. The van der Waals surface area contributed by atoms with Crippen LogP contribution in [0.15, 0.2) is 30.5 Å². The van der Waals surface area contributed by atoms with Crippen molar-refractivity contribution in [3.8, 4) is 16.3 Å². The number of hydrogen-bond donors (Lipinski definition) is 1. The van der Waals surface area contributed by atoms with Gasteiger partial charge in [0.1, 0.15) is 17.4 Å². The molecule has 0 saturated heterocycles. The van der Waals surface area contributed by atoms with E-state index in [0.717, 1.165) is 27.7 Å². The molecule has 0 aliphatic rings. The van der Waals surface area contributed by atoms with E-state index in [-0.39, 0.29) is 0 Å². The van der Waals surface area contributed by atoms with E-state index in [1.54, 1.807) is 11.3 Å². The highest BCUT2D eigenvalue weighted by Gasteiger charge is 2.04. The first kappa shape index (κ1) is 14.0. The van der Waals surface area contributed by atoms with Gasteiger partial charge >= 0.3 is 0 Å². The second-order valence-electron chi connectivity index (χ2n) is 4.51. The van der Waals surface area contributed by atoms with Crippen LogP contribution >= 0.6 is 11.3 Å². The van der Waals surface area contributed by atoms with Crippen molar-refractivity contribution in [3.63, 3.8) is 0 Å². The topological polar surface area (TPSA) is 51.4 Å². The number of nitrogens with zero attached hydrogens (tertiary/aromatic N) is 2. The summed E-state index contributed by atoms with van der Waals surface area (Å²) in [6.07, 6.45) is 1.83. The quantitative estimate of drug-likeness (QED) is 0.879. The number of likely N-dealkylation sites (N-methyl/N-ethyl adjacent to an activating group) is 1. The van der Waals surface area contributed by atoms with Gasteiger partial charge < -0.3 is 15.4 Å². The summed E-state index contributed by atoms with van der Waals surface area (Å²) in [5.41, 5.74) is 6.69. The molecule has 0 radical (unpaired) electrons. The van der Waals surface area contributed by atoms with Gasteiger partial charge in [0.25, 0.3) is 0 Å². The molecule has 0 unspecified atom stereocenters. The fraction of sp³-hybridized carbons (Fsp3) is 0.357. The second kappa shape index (κ2) is 6.65. The van der Waals surface area contributed by atoms with Gasteiger partial charge in [-0.25, -0.2) is 4.98 Å². The Bertz CT molecular complexity index is 508. The molecule has 4 nitrogen and oxygen atoms in total. The predicted molar refractivity (Wildman–Crippen MR) is 79.5 cm³/mol. The predicted octanol–water partition coefficient (Wildman–Crippen LogP) is 2.21. The number of benzene rings is 1.